The molecule has 2 aromatic rings. The molecule has 7 heteroatoms. The summed E-state index contributed by atoms with van der Waals surface area (Å²) in [5.41, 5.74) is 0.806. The van der Waals surface area contributed by atoms with Crippen LogP contribution in [0.15, 0.2) is 36.4 Å². The first kappa shape index (κ1) is 19.4. The van der Waals surface area contributed by atoms with Gasteiger partial charge in [-0.1, -0.05) is 35.3 Å². The number of rotatable bonds is 6. The van der Waals surface area contributed by atoms with Gasteiger partial charge in [-0.3, -0.25) is 4.79 Å². The Morgan fingerprint density at radius 3 is 2.48 bits per heavy atom. The van der Waals surface area contributed by atoms with Gasteiger partial charge in [-0.05, 0) is 29.8 Å². The number of aliphatic hydroxyl groups excluding tert-OH is 1. The van der Waals surface area contributed by atoms with Gasteiger partial charge in [0.1, 0.15) is 11.3 Å². The fourth-order valence-corrected chi connectivity index (χ4v) is 2.88. The lowest BCUT2D eigenvalue weighted by atomic mass is 10.1. The number of amides is 1. The fraction of sp³-hybridized carbons (Fsp3) is 0.278. The summed E-state index contributed by atoms with van der Waals surface area (Å²) in [6.45, 7) is 0.0675. The van der Waals surface area contributed by atoms with E-state index >= 15 is 0 Å². The molecule has 0 spiro atoms. The lowest BCUT2D eigenvalue weighted by molar-refractivity contribution is 0.0678. The van der Waals surface area contributed by atoms with E-state index in [4.69, 9.17) is 32.7 Å². The van der Waals surface area contributed by atoms with E-state index in [9.17, 15) is 9.90 Å². The van der Waals surface area contributed by atoms with Crippen LogP contribution in [0.1, 0.15) is 22.0 Å². The Morgan fingerprint density at radius 1 is 1.16 bits per heavy atom. The van der Waals surface area contributed by atoms with Gasteiger partial charge in [-0.2, -0.15) is 0 Å². The minimum Gasteiger partial charge on any atom is -0.497 e. The van der Waals surface area contributed by atoms with E-state index in [1.165, 1.54) is 18.1 Å². The third-order valence-corrected chi connectivity index (χ3v) is 4.36. The number of hydrogen-bond donors (Lipinski definition) is 1. The van der Waals surface area contributed by atoms with Crippen LogP contribution >= 0.6 is 23.2 Å². The van der Waals surface area contributed by atoms with Crippen molar-refractivity contribution in [2.45, 2.75) is 6.10 Å². The van der Waals surface area contributed by atoms with Crippen molar-refractivity contribution < 1.29 is 19.4 Å². The molecule has 1 atom stereocenters. The third kappa shape index (κ3) is 4.37. The number of methoxy groups -OCH3 is 2. The molecular weight excluding hydrogens is 365 g/mol. The van der Waals surface area contributed by atoms with Crippen LogP contribution in [0.4, 0.5) is 0 Å². The third-order valence-electron chi connectivity index (χ3n) is 3.75. The number of halogens is 2. The quantitative estimate of drug-likeness (QED) is 0.823. The largest absolute Gasteiger partial charge is 0.497 e. The molecule has 0 saturated heterocycles. The number of nitrogens with zero attached hydrogens (tertiary/aromatic N) is 1. The van der Waals surface area contributed by atoms with Crippen LogP contribution in [-0.2, 0) is 0 Å². The maximum Gasteiger partial charge on any atom is 0.259 e. The Kier molecular flexibility index (Phi) is 6.53. The monoisotopic (exact) mass is 383 g/mol. The Morgan fingerprint density at radius 2 is 1.84 bits per heavy atom. The van der Waals surface area contributed by atoms with Crippen molar-refractivity contribution in [1.29, 1.82) is 0 Å². The molecule has 0 heterocycles. The van der Waals surface area contributed by atoms with E-state index in [0.29, 0.717) is 11.3 Å². The van der Waals surface area contributed by atoms with Crippen LogP contribution in [0.2, 0.25) is 10.0 Å². The summed E-state index contributed by atoms with van der Waals surface area (Å²) in [7, 11) is 4.54. The fourth-order valence-electron chi connectivity index (χ4n) is 2.42. The molecule has 0 fully saturated rings. The number of likely N-dealkylation sites (N-methyl/N-ethyl adjacent to an activating group) is 1. The molecule has 25 heavy (non-hydrogen) atoms. The van der Waals surface area contributed by atoms with Crippen LogP contribution in [0.25, 0.3) is 0 Å². The standard InChI is InChI=1S/C18H19Cl2NO4/c1-21(10-15(22)11-5-4-6-12(9-11)24-2)18(23)16-13(19)7-8-14(20)17(16)25-3/h4-9,15,22H,10H2,1-3H3. The second kappa shape index (κ2) is 8.43. The molecule has 0 bridgehead atoms. The van der Waals surface area contributed by atoms with E-state index in [1.807, 2.05) is 0 Å². The van der Waals surface area contributed by atoms with E-state index in [-0.39, 0.29) is 27.9 Å². The van der Waals surface area contributed by atoms with Gasteiger partial charge in [0.2, 0.25) is 0 Å². The zero-order chi connectivity index (χ0) is 18.6. The molecule has 1 amide bonds. The summed E-state index contributed by atoms with van der Waals surface area (Å²) in [6.07, 6.45) is -0.881. The van der Waals surface area contributed by atoms with Gasteiger partial charge < -0.3 is 19.5 Å². The van der Waals surface area contributed by atoms with Crippen LogP contribution < -0.4 is 9.47 Å². The molecule has 1 N–H and O–H groups in total. The van der Waals surface area contributed by atoms with Gasteiger partial charge >= 0.3 is 0 Å². The van der Waals surface area contributed by atoms with Crippen LogP contribution in [0.5, 0.6) is 11.5 Å². The molecule has 0 saturated carbocycles. The van der Waals surface area contributed by atoms with Gasteiger partial charge in [-0.25, -0.2) is 0 Å². The van der Waals surface area contributed by atoms with Crippen molar-refractivity contribution in [2.75, 3.05) is 27.8 Å². The summed E-state index contributed by atoms with van der Waals surface area (Å²) in [5, 5.41) is 10.9. The van der Waals surface area contributed by atoms with E-state index < -0.39 is 12.0 Å². The summed E-state index contributed by atoms with van der Waals surface area (Å²) < 4.78 is 10.4. The molecule has 0 radical (unpaired) electrons. The lowest BCUT2D eigenvalue weighted by Gasteiger charge is -2.23. The first-order valence-corrected chi connectivity index (χ1v) is 8.24. The van der Waals surface area contributed by atoms with Gasteiger partial charge in [0, 0.05) is 7.05 Å². The zero-order valence-corrected chi connectivity index (χ0v) is 15.6. The van der Waals surface area contributed by atoms with Gasteiger partial charge in [0.05, 0.1) is 36.9 Å². The average molecular weight is 384 g/mol. The van der Waals surface area contributed by atoms with E-state index in [0.717, 1.165) is 0 Å². The zero-order valence-electron chi connectivity index (χ0n) is 14.1. The van der Waals surface area contributed by atoms with Crippen molar-refractivity contribution in [3.8, 4) is 11.5 Å². The first-order valence-electron chi connectivity index (χ1n) is 7.48. The molecule has 2 rings (SSSR count). The maximum atomic E-state index is 12.8. The minimum absolute atomic E-state index is 0.0675. The highest BCUT2D eigenvalue weighted by molar-refractivity contribution is 6.37. The van der Waals surface area contributed by atoms with Crippen molar-refractivity contribution >= 4 is 29.1 Å². The minimum atomic E-state index is -0.881. The molecule has 1 unspecified atom stereocenters. The SMILES string of the molecule is COc1cccc(C(O)CN(C)C(=O)c2c(Cl)ccc(Cl)c2OC)c1. The number of benzene rings is 2. The highest BCUT2D eigenvalue weighted by Crippen LogP contribution is 2.34. The van der Waals surface area contributed by atoms with Gasteiger partial charge in [0.15, 0.2) is 5.75 Å². The van der Waals surface area contributed by atoms with Crippen LogP contribution in [0.3, 0.4) is 0 Å². The summed E-state index contributed by atoms with van der Waals surface area (Å²) in [4.78, 5) is 14.1. The maximum absolute atomic E-state index is 12.8. The predicted molar refractivity (Wildman–Crippen MR) is 97.9 cm³/mol. The molecule has 0 aliphatic rings. The number of carbonyl (C=O) groups is 1. The topological polar surface area (TPSA) is 59.0 Å². The van der Waals surface area contributed by atoms with Crippen LogP contribution in [0, 0.1) is 0 Å². The lowest BCUT2D eigenvalue weighted by Crippen LogP contribution is -2.31. The normalized spacial score (nSPS) is 11.8. The highest BCUT2D eigenvalue weighted by atomic mass is 35.5. The summed E-state index contributed by atoms with van der Waals surface area (Å²) >= 11 is 12.2. The molecule has 0 aliphatic carbocycles. The number of hydrogen-bond acceptors (Lipinski definition) is 4. The highest BCUT2D eigenvalue weighted by Gasteiger charge is 2.24. The Bertz CT molecular complexity index is 767. The van der Waals surface area contributed by atoms with Gasteiger partial charge in [0.25, 0.3) is 5.91 Å². The molecule has 5 nitrogen and oxygen atoms in total. The molecule has 0 aliphatic heterocycles. The number of aliphatic hydroxyl groups is 1. The number of ether oxygens (including phenoxy) is 2. The van der Waals surface area contributed by atoms with Crippen molar-refractivity contribution in [1.82, 2.24) is 4.90 Å². The first-order chi connectivity index (χ1) is 11.9. The Balaban J connectivity index is 2.22. The Hall–Kier alpha value is -1.95. The number of carbonyl (C=O) groups excluding carboxylic acids is 1. The molecule has 134 valence electrons. The second-order valence-corrected chi connectivity index (χ2v) is 6.23. The molecule has 2 aromatic carbocycles. The molecular formula is C18H19Cl2NO4. The van der Waals surface area contributed by atoms with Crippen LogP contribution in [-0.4, -0.2) is 43.7 Å². The molecule has 0 aromatic heterocycles. The van der Waals surface area contributed by atoms with E-state index in [2.05, 4.69) is 0 Å². The average Bonchev–Trinajstić information content (AvgIpc) is 2.62. The summed E-state index contributed by atoms with van der Waals surface area (Å²) in [5.74, 6) is 0.443. The van der Waals surface area contributed by atoms with Gasteiger partial charge in [-0.15, -0.1) is 0 Å². The van der Waals surface area contributed by atoms with E-state index in [1.54, 1.807) is 44.5 Å². The smallest absolute Gasteiger partial charge is 0.259 e. The second-order valence-electron chi connectivity index (χ2n) is 5.42. The van der Waals surface area contributed by atoms with Crippen molar-refractivity contribution in [2.24, 2.45) is 0 Å². The Labute approximate surface area is 156 Å². The van der Waals surface area contributed by atoms with Crippen molar-refractivity contribution in [3.05, 3.63) is 57.6 Å². The predicted octanol–water partition coefficient (Wildman–Crippen LogP) is 3.82. The summed E-state index contributed by atoms with van der Waals surface area (Å²) in [6, 6.07) is 10.1. The van der Waals surface area contributed by atoms with Crippen molar-refractivity contribution in [3.63, 3.8) is 0 Å².